The van der Waals surface area contributed by atoms with Gasteiger partial charge in [0, 0.05) is 0 Å². The molecule has 5 heteroatoms. The second kappa shape index (κ2) is 5.88. The van der Waals surface area contributed by atoms with E-state index in [1.807, 2.05) is 18.2 Å². The zero-order chi connectivity index (χ0) is 15.7. The van der Waals surface area contributed by atoms with Crippen LogP contribution in [0.1, 0.15) is 60.8 Å². The average Bonchev–Trinajstić information content (AvgIpc) is 2.85. The second-order valence-corrected chi connectivity index (χ2v) is 7.00. The Kier molecular flexibility index (Phi) is 4.08. The van der Waals surface area contributed by atoms with Gasteiger partial charge in [-0.1, -0.05) is 44.2 Å². The summed E-state index contributed by atoms with van der Waals surface area (Å²) in [6.45, 7) is 4.13. The highest BCUT2D eigenvalue weighted by molar-refractivity contribution is 9.10. The Hall–Kier alpha value is -1.62. The third kappa shape index (κ3) is 2.58. The number of hydrogen-bond donors (Lipinski definition) is 2. The maximum atomic E-state index is 12.7. The number of nitrogens with one attached hydrogen (secondary N) is 2. The predicted molar refractivity (Wildman–Crippen MR) is 89.8 cm³/mol. The summed E-state index contributed by atoms with van der Waals surface area (Å²) in [6, 6.07) is 10.2. The Bertz CT molecular complexity index is 674. The van der Waals surface area contributed by atoms with Gasteiger partial charge in [0.1, 0.15) is 0 Å². The van der Waals surface area contributed by atoms with Crippen molar-refractivity contribution < 1.29 is 4.79 Å². The summed E-state index contributed by atoms with van der Waals surface area (Å²) in [4.78, 5) is 12.7. The first-order valence-corrected chi connectivity index (χ1v) is 8.44. The van der Waals surface area contributed by atoms with Crippen LogP contribution in [0.5, 0.6) is 0 Å². The summed E-state index contributed by atoms with van der Waals surface area (Å²) in [5.74, 6) is 0.161. The number of rotatable bonds is 4. The number of nitrogens with zero attached hydrogens (tertiary/aromatic N) is 1. The molecule has 116 valence electrons. The summed E-state index contributed by atoms with van der Waals surface area (Å²) in [7, 11) is 0. The van der Waals surface area contributed by atoms with Crippen LogP contribution in [0.15, 0.2) is 34.8 Å². The topological polar surface area (TPSA) is 57.8 Å². The van der Waals surface area contributed by atoms with Crippen LogP contribution in [0.3, 0.4) is 0 Å². The van der Waals surface area contributed by atoms with Crippen molar-refractivity contribution in [2.45, 2.75) is 44.6 Å². The maximum Gasteiger partial charge on any atom is 0.273 e. The molecule has 0 atom stereocenters. The van der Waals surface area contributed by atoms with Crippen LogP contribution in [-0.2, 0) is 5.54 Å². The van der Waals surface area contributed by atoms with Gasteiger partial charge in [-0.3, -0.25) is 9.89 Å². The third-order valence-corrected chi connectivity index (χ3v) is 5.21. The predicted octanol–water partition coefficient (Wildman–Crippen LogP) is 4.10. The summed E-state index contributed by atoms with van der Waals surface area (Å²) in [5, 5.41) is 10.4. The lowest BCUT2D eigenvalue weighted by Crippen LogP contribution is -2.50. The number of amides is 1. The number of benzene rings is 1. The number of carbonyl (C=O) groups excluding carboxylic acids is 1. The van der Waals surface area contributed by atoms with Crippen molar-refractivity contribution >= 4 is 21.8 Å². The molecule has 3 rings (SSSR count). The minimum absolute atomic E-state index is 0.126. The fraction of sp³-hybridized carbons (Fsp3) is 0.412. The van der Waals surface area contributed by atoms with Crippen molar-refractivity contribution in [1.82, 2.24) is 15.5 Å². The molecule has 2 N–H and O–H groups in total. The number of aromatic nitrogens is 2. The van der Waals surface area contributed by atoms with Gasteiger partial charge in [0.05, 0.1) is 15.7 Å². The molecule has 0 aliphatic heterocycles. The fourth-order valence-electron chi connectivity index (χ4n) is 2.92. The zero-order valence-electron chi connectivity index (χ0n) is 12.8. The van der Waals surface area contributed by atoms with Crippen molar-refractivity contribution in [3.63, 3.8) is 0 Å². The molecule has 0 bridgehead atoms. The normalized spacial score (nSPS) is 16.4. The lowest BCUT2D eigenvalue weighted by molar-refractivity contribution is 0.0817. The fourth-order valence-corrected chi connectivity index (χ4v) is 3.74. The van der Waals surface area contributed by atoms with E-state index < -0.39 is 0 Å². The zero-order valence-corrected chi connectivity index (χ0v) is 14.4. The van der Waals surface area contributed by atoms with Gasteiger partial charge < -0.3 is 5.32 Å². The summed E-state index contributed by atoms with van der Waals surface area (Å²) >= 11 is 3.50. The van der Waals surface area contributed by atoms with Gasteiger partial charge in [-0.25, -0.2) is 0 Å². The van der Waals surface area contributed by atoms with Crippen LogP contribution in [-0.4, -0.2) is 16.1 Å². The summed E-state index contributed by atoms with van der Waals surface area (Å²) < 4.78 is 0.766. The van der Waals surface area contributed by atoms with Gasteiger partial charge in [-0.15, -0.1) is 0 Å². The van der Waals surface area contributed by atoms with Gasteiger partial charge in [0.2, 0.25) is 0 Å². The van der Waals surface area contributed by atoms with E-state index >= 15 is 0 Å². The maximum absolute atomic E-state index is 12.7. The van der Waals surface area contributed by atoms with E-state index in [9.17, 15) is 4.79 Å². The Morgan fingerprint density at radius 3 is 2.50 bits per heavy atom. The van der Waals surface area contributed by atoms with Crippen molar-refractivity contribution in [2.24, 2.45) is 0 Å². The molecule has 2 aromatic rings. The molecule has 22 heavy (non-hydrogen) atoms. The molecule has 0 spiro atoms. The van der Waals surface area contributed by atoms with Crippen LogP contribution in [0.25, 0.3) is 0 Å². The quantitative estimate of drug-likeness (QED) is 0.860. The molecular formula is C17H20BrN3O. The molecule has 1 aromatic heterocycles. The number of H-pyrrole nitrogens is 1. The Morgan fingerprint density at radius 1 is 1.32 bits per heavy atom. The first kappa shape index (κ1) is 15.3. The highest BCUT2D eigenvalue weighted by Gasteiger charge is 2.40. The molecule has 1 aliphatic rings. The monoisotopic (exact) mass is 361 g/mol. The largest absolute Gasteiger partial charge is 0.341 e. The third-order valence-electron chi connectivity index (χ3n) is 4.41. The van der Waals surface area contributed by atoms with E-state index in [-0.39, 0.29) is 17.4 Å². The number of halogens is 1. The standard InChI is InChI=1S/C17H20BrN3O/c1-11(2)14-13(18)15(21-20-14)16(22)19-17(9-6-10-17)12-7-4-3-5-8-12/h3-5,7-8,11H,6,9-10H2,1-2H3,(H,19,22)(H,20,21). The SMILES string of the molecule is CC(C)c1[nH]nc(C(=O)NC2(c3ccccc3)CCC2)c1Br. The molecular weight excluding hydrogens is 342 g/mol. The molecule has 0 saturated heterocycles. The molecule has 4 nitrogen and oxygen atoms in total. The van der Waals surface area contributed by atoms with Crippen molar-refractivity contribution in [3.8, 4) is 0 Å². The van der Waals surface area contributed by atoms with E-state index in [4.69, 9.17) is 0 Å². The number of hydrogen-bond acceptors (Lipinski definition) is 2. The van der Waals surface area contributed by atoms with E-state index in [0.29, 0.717) is 5.69 Å². The molecule has 1 fully saturated rings. The molecule has 1 heterocycles. The Balaban J connectivity index is 1.84. The number of aromatic amines is 1. The second-order valence-electron chi connectivity index (χ2n) is 6.21. The Morgan fingerprint density at radius 2 is 2.00 bits per heavy atom. The molecule has 0 unspecified atom stereocenters. The van der Waals surface area contributed by atoms with E-state index in [1.165, 1.54) is 5.56 Å². The smallest absolute Gasteiger partial charge is 0.273 e. The number of carbonyl (C=O) groups is 1. The molecule has 0 radical (unpaired) electrons. The van der Waals surface area contributed by atoms with Gasteiger partial charge >= 0.3 is 0 Å². The summed E-state index contributed by atoms with van der Waals surface area (Å²) in [6.07, 6.45) is 3.08. The molecule has 1 aliphatic carbocycles. The van der Waals surface area contributed by atoms with Crippen LogP contribution < -0.4 is 5.32 Å². The van der Waals surface area contributed by atoms with Gasteiger partial charge in [-0.2, -0.15) is 5.10 Å². The average molecular weight is 362 g/mol. The van der Waals surface area contributed by atoms with Gasteiger partial charge in [0.15, 0.2) is 5.69 Å². The van der Waals surface area contributed by atoms with E-state index in [0.717, 1.165) is 29.4 Å². The van der Waals surface area contributed by atoms with Crippen molar-refractivity contribution in [1.29, 1.82) is 0 Å². The first-order valence-electron chi connectivity index (χ1n) is 7.65. The Labute approximate surface area is 138 Å². The lowest BCUT2D eigenvalue weighted by atomic mass is 9.71. The highest BCUT2D eigenvalue weighted by Crippen LogP contribution is 2.41. The van der Waals surface area contributed by atoms with Crippen LogP contribution in [0.2, 0.25) is 0 Å². The van der Waals surface area contributed by atoms with E-state index in [1.54, 1.807) is 0 Å². The van der Waals surface area contributed by atoms with Gasteiger partial charge in [0.25, 0.3) is 5.91 Å². The lowest BCUT2D eigenvalue weighted by Gasteiger charge is -2.43. The molecule has 1 saturated carbocycles. The van der Waals surface area contributed by atoms with Gasteiger partial charge in [-0.05, 0) is 46.7 Å². The first-order chi connectivity index (χ1) is 10.5. The molecule has 1 amide bonds. The van der Waals surface area contributed by atoms with Crippen LogP contribution in [0, 0.1) is 0 Å². The van der Waals surface area contributed by atoms with Crippen molar-refractivity contribution in [3.05, 3.63) is 51.8 Å². The minimum Gasteiger partial charge on any atom is -0.341 e. The molecule has 1 aromatic carbocycles. The van der Waals surface area contributed by atoms with Crippen LogP contribution >= 0.6 is 15.9 Å². The highest BCUT2D eigenvalue weighted by atomic mass is 79.9. The van der Waals surface area contributed by atoms with E-state index in [2.05, 4.69) is 57.4 Å². The summed E-state index contributed by atoms with van der Waals surface area (Å²) in [5.41, 5.74) is 2.32. The van der Waals surface area contributed by atoms with Crippen molar-refractivity contribution in [2.75, 3.05) is 0 Å². The minimum atomic E-state index is -0.241. The van der Waals surface area contributed by atoms with Crippen LogP contribution in [0.4, 0.5) is 0 Å².